The highest BCUT2D eigenvalue weighted by atomic mass is 32.2. The topological polar surface area (TPSA) is 49.7 Å². The molecule has 0 bridgehead atoms. The van der Waals surface area contributed by atoms with Crippen LogP contribution >= 0.6 is 0 Å². The molecule has 0 saturated heterocycles. The third-order valence-electron chi connectivity index (χ3n) is 0.848. The summed E-state index contributed by atoms with van der Waals surface area (Å²) in [5, 5.41) is 3.32. The summed E-state index contributed by atoms with van der Waals surface area (Å²) in [5.74, 6) is 0. The first-order chi connectivity index (χ1) is 4.88. The number of nitrogens with zero attached hydrogens (tertiary/aromatic N) is 2. The molecular weight excluding hydrogens is 164 g/mol. The van der Waals surface area contributed by atoms with Gasteiger partial charge < -0.3 is 0 Å². The number of allylic oxidation sites excluding steroid dienone is 1. The molecule has 0 aliphatic carbocycles. The Bertz CT molecular complexity index is 262. The van der Waals surface area contributed by atoms with Crippen molar-refractivity contribution in [3.63, 3.8) is 0 Å². The fourth-order valence-electron chi connectivity index (χ4n) is 0.462. The van der Waals surface area contributed by atoms with E-state index in [9.17, 15) is 8.42 Å². The number of hydrogen-bond acceptors (Lipinski definition) is 3. The maximum absolute atomic E-state index is 10.8. The zero-order chi connectivity index (χ0) is 9.07. The highest BCUT2D eigenvalue weighted by Crippen LogP contribution is 2.01. The summed E-state index contributed by atoms with van der Waals surface area (Å²) in [7, 11) is -3.28. The predicted octanol–water partition coefficient (Wildman–Crippen LogP) is 0.787. The summed E-state index contributed by atoms with van der Waals surface area (Å²) in [6.07, 6.45) is 2.48. The molecule has 0 fully saturated rings. The summed E-state index contributed by atoms with van der Waals surface area (Å²) in [6.45, 7) is 6.69. The number of hydrogen-bond donors (Lipinski definition) is 0. The summed E-state index contributed by atoms with van der Waals surface area (Å²) in [6, 6.07) is 0. The van der Waals surface area contributed by atoms with E-state index >= 15 is 0 Å². The molecule has 0 aromatic carbocycles. The minimum atomic E-state index is -3.28. The molecule has 5 heteroatoms. The molecule has 0 N–H and O–H groups in total. The smallest absolute Gasteiger partial charge is 0.205 e. The molecule has 0 saturated carbocycles. The SMILES string of the molecule is C=NN(C=C(C)C)S(C)(=O)=O. The van der Waals surface area contributed by atoms with Gasteiger partial charge in [0, 0.05) is 12.9 Å². The Morgan fingerprint density at radius 1 is 1.55 bits per heavy atom. The molecule has 0 heterocycles. The first-order valence-corrected chi connectivity index (χ1v) is 4.84. The van der Waals surface area contributed by atoms with Crippen LogP contribution in [0.4, 0.5) is 0 Å². The Morgan fingerprint density at radius 3 is 2.09 bits per heavy atom. The van der Waals surface area contributed by atoms with Gasteiger partial charge in [-0.3, -0.25) is 0 Å². The first-order valence-electron chi connectivity index (χ1n) is 2.99. The molecule has 0 amide bonds. The van der Waals surface area contributed by atoms with Gasteiger partial charge in [-0.25, -0.2) is 8.42 Å². The van der Waals surface area contributed by atoms with Gasteiger partial charge in [0.15, 0.2) is 0 Å². The molecule has 11 heavy (non-hydrogen) atoms. The minimum absolute atomic E-state index is 0.836. The van der Waals surface area contributed by atoms with Crippen molar-refractivity contribution in [2.45, 2.75) is 13.8 Å². The van der Waals surface area contributed by atoms with Crippen molar-refractivity contribution in [3.05, 3.63) is 11.8 Å². The van der Waals surface area contributed by atoms with E-state index in [-0.39, 0.29) is 0 Å². The van der Waals surface area contributed by atoms with Crippen molar-refractivity contribution in [2.75, 3.05) is 6.26 Å². The highest BCUT2D eigenvalue weighted by Gasteiger charge is 2.08. The van der Waals surface area contributed by atoms with Crippen LogP contribution in [-0.2, 0) is 10.0 Å². The zero-order valence-electron chi connectivity index (χ0n) is 6.90. The van der Waals surface area contributed by atoms with Gasteiger partial charge in [0.1, 0.15) is 0 Å². The molecule has 0 unspecified atom stereocenters. The molecule has 0 atom stereocenters. The normalized spacial score (nSPS) is 10.5. The lowest BCUT2D eigenvalue weighted by Gasteiger charge is -2.10. The van der Waals surface area contributed by atoms with Crippen LogP contribution in [0.25, 0.3) is 0 Å². The van der Waals surface area contributed by atoms with Gasteiger partial charge in [-0.05, 0) is 13.8 Å². The van der Waals surface area contributed by atoms with Crippen molar-refractivity contribution in [1.82, 2.24) is 4.41 Å². The lowest BCUT2D eigenvalue weighted by atomic mass is 10.4. The lowest BCUT2D eigenvalue weighted by Crippen LogP contribution is -2.18. The van der Waals surface area contributed by atoms with E-state index in [4.69, 9.17) is 0 Å². The zero-order valence-corrected chi connectivity index (χ0v) is 7.72. The lowest BCUT2D eigenvalue weighted by molar-refractivity contribution is 0.521. The van der Waals surface area contributed by atoms with E-state index in [1.54, 1.807) is 13.8 Å². The van der Waals surface area contributed by atoms with E-state index in [0.29, 0.717) is 0 Å². The van der Waals surface area contributed by atoms with Crippen LogP contribution in [0.2, 0.25) is 0 Å². The molecule has 0 spiro atoms. The summed E-state index contributed by atoms with van der Waals surface area (Å²) < 4.78 is 22.5. The molecule has 0 aliphatic rings. The Morgan fingerprint density at radius 2 is 2.00 bits per heavy atom. The van der Waals surface area contributed by atoms with Gasteiger partial charge in [-0.2, -0.15) is 9.52 Å². The monoisotopic (exact) mass is 176 g/mol. The second-order valence-corrected chi connectivity index (χ2v) is 4.22. The van der Waals surface area contributed by atoms with Crippen LogP contribution in [0.15, 0.2) is 16.9 Å². The van der Waals surface area contributed by atoms with Crippen LogP contribution < -0.4 is 0 Å². The molecule has 4 nitrogen and oxygen atoms in total. The Labute approximate surface area is 67.3 Å². The second-order valence-electron chi connectivity index (χ2n) is 2.38. The van der Waals surface area contributed by atoms with Crippen molar-refractivity contribution in [3.8, 4) is 0 Å². The standard InChI is InChI=1S/C6H12N2O2S/c1-6(2)5-8(7-3)11(4,9)10/h5H,3H2,1-2,4H3. The van der Waals surface area contributed by atoms with Crippen molar-refractivity contribution >= 4 is 16.7 Å². The van der Waals surface area contributed by atoms with Crippen LogP contribution in [-0.4, -0.2) is 25.8 Å². The third-order valence-corrected chi connectivity index (χ3v) is 1.75. The Hall–Kier alpha value is -0.840. The quantitative estimate of drug-likeness (QED) is 0.471. The van der Waals surface area contributed by atoms with Gasteiger partial charge >= 0.3 is 0 Å². The fourth-order valence-corrected chi connectivity index (χ4v) is 1.07. The average molecular weight is 176 g/mol. The van der Waals surface area contributed by atoms with Gasteiger partial charge in [0.25, 0.3) is 10.0 Å². The molecule has 0 aromatic heterocycles. The number of sulfonamides is 1. The fraction of sp³-hybridized carbons (Fsp3) is 0.500. The van der Waals surface area contributed by atoms with E-state index in [1.807, 2.05) is 0 Å². The molecule has 64 valence electrons. The van der Waals surface area contributed by atoms with E-state index in [1.165, 1.54) is 6.20 Å². The summed E-state index contributed by atoms with van der Waals surface area (Å²) in [5.41, 5.74) is 0.850. The molecule has 0 aliphatic heterocycles. The summed E-state index contributed by atoms with van der Waals surface area (Å²) >= 11 is 0. The first kappa shape index (κ1) is 10.2. The van der Waals surface area contributed by atoms with Crippen molar-refractivity contribution in [1.29, 1.82) is 0 Å². The molecular formula is C6H12N2O2S. The van der Waals surface area contributed by atoms with Crippen LogP contribution in [0.5, 0.6) is 0 Å². The average Bonchev–Trinajstić information content (AvgIpc) is 1.79. The Balaban J connectivity index is 4.72. The van der Waals surface area contributed by atoms with Gasteiger partial charge in [0.2, 0.25) is 0 Å². The maximum Gasteiger partial charge on any atom is 0.250 e. The largest absolute Gasteiger partial charge is 0.250 e. The van der Waals surface area contributed by atoms with Gasteiger partial charge in [-0.15, -0.1) is 0 Å². The molecule has 0 rings (SSSR count). The minimum Gasteiger partial charge on any atom is -0.205 e. The Kier molecular flexibility index (Phi) is 3.25. The molecule has 0 radical (unpaired) electrons. The predicted molar refractivity (Wildman–Crippen MR) is 45.7 cm³/mol. The number of hydrazone groups is 1. The second kappa shape index (κ2) is 3.52. The summed E-state index contributed by atoms with van der Waals surface area (Å²) in [4.78, 5) is 0. The van der Waals surface area contributed by atoms with Gasteiger partial charge in [-0.1, -0.05) is 5.57 Å². The van der Waals surface area contributed by atoms with E-state index < -0.39 is 10.0 Å². The highest BCUT2D eigenvalue weighted by molar-refractivity contribution is 7.88. The third kappa shape index (κ3) is 3.77. The van der Waals surface area contributed by atoms with Crippen LogP contribution in [0.3, 0.4) is 0 Å². The van der Waals surface area contributed by atoms with Crippen LogP contribution in [0.1, 0.15) is 13.8 Å². The van der Waals surface area contributed by atoms with Crippen molar-refractivity contribution in [2.24, 2.45) is 5.10 Å². The molecule has 0 aromatic rings. The maximum atomic E-state index is 10.8. The number of rotatable bonds is 3. The van der Waals surface area contributed by atoms with Crippen molar-refractivity contribution < 1.29 is 8.42 Å². The van der Waals surface area contributed by atoms with E-state index in [0.717, 1.165) is 16.2 Å². The van der Waals surface area contributed by atoms with E-state index in [2.05, 4.69) is 11.8 Å². The van der Waals surface area contributed by atoms with Gasteiger partial charge in [0.05, 0.1) is 6.26 Å². The van der Waals surface area contributed by atoms with Crippen LogP contribution in [0, 0.1) is 0 Å².